The van der Waals surface area contributed by atoms with E-state index >= 15 is 0 Å². The molecular formula is C17H15ClFNO3. The third kappa shape index (κ3) is 5.07. The quantitative estimate of drug-likeness (QED) is 0.849. The van der Waals surface area contributed by atoms with Crippen molar-refractivity contribution in [3.8, 4) is 0 Å². The lowest BCUT2D eigenvalue weighted by Crippen LogP contribution is -2.30. The molecule has 2 aromatic carbocycles. The number of esters is 1. The summed E-state index contributed by atoms with van der Waals surface area (Å²) in [4.78, 5) is 23.8. The highest BCUT2D eigenvalue weighted by atomic mass is 35.5. The molecule has 0 aliphatic carbocycles. The van der Waals surface area contributed by atoms with Crippen LogP contribution in [0.5, 0.6) is 0 Å². The lowest BCUT2D eigenvalue weighted by atomic mass is 10.1. The van der Waals surface area contributed by atoms with Crippen LogP contribution in [0, 0.1) is 5.82 Å². The number of amides is 1. The molecule has 0 bridgehead atoms. The largest absolute Gasteiger partial charge is 0.452 e. The minimum atomic E-state index is -0.977. The molecule has 2 aromatic rings. The van der Waals surface area contributed by atoms with E-state index in [9.17, 15) is 14.0 Å². The van der Waals surface area contributed by atoms with E-state index in [1.54, 1.807) is 24.3 Å². The molecule has 0 spiro atoms. The third-order valence-electron chi connectivity index (χ3n) is 3.08. The first-order valence-corrected chi connectivity index (χ1v) is 7.33. The van der Waals surface area contributed by atoms with Crippen molar-refractivity contribution in [3.63, 3.8) is 0 Å². The number of hydrogen-bond donors (Lipinski definition) is 1. The van der Waals surface area contributed by atoms with E-state index in [4.69, 9.17) is 16.3 Å². The number of anilines is 1. The van der Waals surface area contributed by atoms with Gasteiger partial charge in [0.05, 0.1) is 6.42 Å². The van der Waals surface area contributed by atoms with E-state index in [0.29, 0.717) is 16.3 Å². The number of carbonyl (C=O) groups excluding carboxylic acids is 2. The topological polar surface area (TPSA) is 55.4 Å². The van der Waals surface area contributed by atoms with Crippen LogP contribution in [0.25, 0.3) is 0 Å². The molecule has 0 saturated carbocycles. The number of hydrogen-bond acceptors (Lipinski definition) is 3. The van der Waals surface area contributed by atoms with Crippen LogP contribution in [0.4, 0.5) is 10.1 Å². The van der Waals surface area contributed by atoms with Gasteiger partial charge in [0.2, 0.25) is 0 Å². The molecule has 0 saturated heterocycles. The van der Waals surface area contributed by atoms with Gasteiger partial charge >= 0.3 is 5.97 Å². The average molecular weight is 336 g/mol. The molecule has 6 heteroatoms. The van der Waals surface area contributed by atoms with Gasteiger partial charge in [-0.05, 0) is 42.8 Å². The highest BCUT2D eigenvalue weighted by Gasteiger charge is 2.18. The van der Waals surface area contributed by atoms with Crippen molar-refractivity contribution in [3.05, 3.63) is 64.9 Å². The third-order valence-corrected chi connectivity index (χ3v) is 3.45. The predicted molar refractivity (Wildman–Crippen MR) is 85.7 cm³/mol. The first-order valence-electron chi connectivity index (χ1n) is 6.95. The average Bonchev–Trinajstić information content (AvgIpc) is 2.51. The number of ether oxygens (including phenoxy) is 1. The fourth-order valence-corrected chi connectivity index (χ4v) is 2.07. The minimum Gasteiger partial charge on any atom is -0.452 e. The molecule has 1 N–H and O–H groups in total. The molecule has 1 amide bonds. The fourth-order valence-electron chi connectivity index (χ4n) is 1.87. The van der Waals surface area contributed by atoms with Crippen LogP contribution >= 0.6 is 11.6 Å². The zero-order valence-electron chi connectivity index (χ0n) is 12.4. The van der Waals surface area contributed by atoms with Gasteiger partial charge in [0.15, 0.2) is 6.10 Å². The lowest BCUT2D eigenvalue weighted by molar-refractivity contribution is -0.152. The second-order valence-corrected chi connectivity index (χ2v) is 5.30. The standard InChI is InChI=1S/C17H15ClFNO3/c1-11(17(22)20-14-8-6-13(19)7-9-14)23-16(21)10-12-4-2-3-5-15(12)18/h2-9,11H,10H2,1H3,(H,20,22)/t11-/m0/s1. The van der Waals surface area contributed by atoms with Crippen LogP contribution in [0.2, 0.25) is 5.02 Å². The van der Waals surface area contributed by atoms with E-state index in [1.807, 2.05) is 0 Å². The van der Waals surface area contributed by atoms with Crippen molar-refractivity contribution in [1.29, 1.82) is 0 Å². The fraction of sp³-hybridized carbons (Fsp3) is 0.176. The molecular weight excluding hydrogens is 321 g/mol. The Morgan fingerprint density at radius 3 is 2.48 bits per heavy atom. The highest BCUT2D eigenvalue weighted by Crippen LogP contribution is 2.16. The number of rotatable bonds is 5. The van der Waals surface area contributed by atoms with Crippen molar-refractivity contribution in [2.45, 2.75) is 19.4 Å². The molecule has 0 fully saturated rings. The van der Waals surface area contributed by atoms with Gasteiger partial charge in [-0.3, -0.25) is 9.59 Å². The second-order valence-electron chi connectivity index (χ2n) is 4.90. The lowest BCUT2D eigenvalue weighted by Gasteiger charge is -2.14. The van der Waals surface area contributed by atoms with Crippen molar-refractivity contribution in [1.82, 2.24) is 0 Å². The summed E-state index contributed by atoms with van der Waals surface area (Å²) in [5, 5.41) is 3.01. The van der Waals surface area contributed by atoms with E-state index < -0.39 is 23.8 Å². The number of benzene rings is 2. The molecule has 1 atom stereocenters. The summed E-state index contributed by atoms with van der Waals surface area (Å²) in [5.41, 5.74) is 1.05. The monoisotopic (exact) mass is 335 g/mol. The van der Waals surface area contributed by atoms with Crippen molar-refractivity contribution < 1.29 is 18.7 Å². The van der Waals surface area contributed by atoms with Gasteiger partial charge in [-0.1, -0.05) is 29.8 Å². The van der Waals surface area contributed by atoms with Crippen LogP contribution in [0.15, 0.2) is 48.5 Å². The summed E-state index contributed by atoms with van der Waals surface area (Å²) in [6.07, 6.45) is -0.997. The van der Waals surface area contributed by atoms with E-state index in [-0.39, 0.29) is 6.42 Å². The molecule has 120 valence electrons. The van der Waals surface area contributed by atoms with Crippen molar-refractivity contribution >= 4 is 29.2 Å². The molecule has 23 heavy (non-hydrogen) atoms. The normalized spacial score (nSPS) is 11.6. The second kappa shape index (κ2) is 7.74. The van der Waals surface area contributed by atoms with Gasteiger partial charge < -0.3 is 10.1 Å². The van der Waals surface area contributed by atoms with E-state index in [0.717, 1.165) is 0 Å². The number of halogens is 2. The highest BCUT2D eigenvalue weighted by molar-refractivity contribution is 6.31. The van der Waals surface area contributed by atoms with Crippen LogP contribution in [-0.4, -0.2) is 18.0 Å². The first-order chi connectivity index (χ1) is 11.0. The van der Waals surface area contributed by atoms with E-state index in [2.05, 4.69) is 5.32 Å². The predicted octanol–water partition coefficient (Wildman–Crippen LogP) is 3.59. The molecule has 0 unspecified atom stereocenters. The molecule has 0 heterocycles. The van der Waals surface area contributed by atoms with Gasteiger partial charge in [-0.2, -0.15) is 0 Å². The molecule has 0 aliphatic rings. The summed E-state index contributed by atoms with van der Waals surface area (Å²) in [7, 11) is 0. The summed E-state index contributed by atoms with van der Waals surface area (Å²) in [6.45, 7) is 1.46. The molecule has 2 rings (SSSR count). The van der Waals surface area contributed by atoms with Gasteiger partial charge in [0, 0.05) is 10.7 Å². The molecule has 0 radical (unpaired) electrons. The smallest absolute Gasteiger partial charge is 0.311 e. The summed E-state index contributed by atoms with van der Waals surface area (Å²) in [6, 6.07) is 12.2. The van der Waals surface area contributed by atoms with Crippen LogP contribution < -0.4 is 5.32 Å². The van der Waals surface area contributed by atoms with Crippen LogP contribution in [-0.2, 0) is 20.7 Å². The van der Waals surface area contributed by atoms with Gasteiger partial charge in [-0.25, -0.2) is 4.39 Å². The Bertz CT molecular complexity index is 703. The molecule has 0 aromatic heterocycles. The van der Waals surface area contributed by atoms with Crippen molar-refractivity contribution in [2.75, 3.05) is 5.32 Å². The van der Waals surface area contributed by atoms with Gasteiger partial charge in [-0.15, -0.1) is 0 Å². The Morgan fingerprint density at radius 1 is 1.17 bits per heavy atom. The molecule has 4 nitrogen and oxygen atoms in total. The maximum absolute atomic E-state index is 12.8. The Morgan fingerprint density at radius 2 is 1.83 bits per heavy atom. The summed E-state index contributed by atoms with van der Waals surface area (Å²) >= 11 is 5.97. The maximum Gasteiger partial charge on any atom is 0.311 e. The Hall–Kier alpha value is -2.40. The van der Waals surface area contributed by atoms with Crippen molar-refractivity contribution in [2.24, 2.45) is 0 Å². The Labute approximate surface area is 138 Å². The first kappa shape index (κ1) is 17.0. The number of carbonyl (C=O) groups is 2. The van der Waals surface area contributed by atoms with E-state index in [1.165, 1.54) is 31.2 Å². The minimum absolute atomic E-state index is 0.0200. The SMILES string of the molecule is C[C@H](OC(=O)Cc1ccccc1Cl)C(=O)Nc1ccc(F)cc1. The number of nitrogens with one attached hydrogen (secondary N) is 1. The molecule has 0 aliphatic heterocycles. The van der Waals surface area contributed by atoms with Crippen LogP contribution in [0.1, 0.15) is 12.5 Å². The Kier molecular flexibility index (Phi) is 5.71. The summed E-state index contributed by atoms with van der Waals surface area (Å²) < 4.78 is 17.9. The summed E-state index contributed by atoms with van der Waals surface area (Å²) in [5.74, 6) is -1.45. The Balaban J connectivity index is 1.89. The zero-order valence-corrected chi connectivity index (χ0v) is 13.1. The van der Waals surface area contributed by atoms with Gasteiger partial charge in [0.1, 0.15) is 5.82 Å². The maximum atomic E-state index is 12.8. The van der Waals surface area contributed by atoms with Crippen LogP contribution in [0.3, 0.4) is 0 Å². The van der Waals surface area contributed by atoms with Gasteiger partial charge in [0.25, 0.3) is 5.91 Å². The zero-order chi connectivity index (χ0) is 16.8.